The van der Waals surface area contributed by atoms with Crippen LogP contribution in [-0.4, -0.2) is 16.6 Å². The molecule has 2 aromatic rings. The van der Waals surface area contributed by atoms with E-state index >= 15 is 0 Å². The van der Waals surface area contributed by atoms with Crippen molar-refractivity contribution in [2.75, 3.05) is 7.05 Å². The second-order valence-corrected chi connectivity index (χ2v) is 3.76. The number of imidazole rings is 1. The predicted molar refractivity (Wildman–Crippen MR) is 62.2 cm³/mol. The van der Waals surface area contributed by atoms with Gasteiger partial charge < -0.3 is 14.3 Å². The third kappa shape index (κ3) is 1.76. The number of nitrogens with one attached hydrogen (secondary N) is 1. The second kappa shape index (κ2) is 4.53. The van der Waals surface area contributed by atoms with Gasteiger partial charge in [-0.25, -0.2) is 4.98 Å². The van der Waals surface area contributed by atoms with E-state index in [0.29, 0.717) is 0 Å². The van der Waals surface area contributed by atoms with E-state index < -0.39 is 0 Å². The molecule has 0 amide bonds. The van der Waals surface area contributed by atoms with E-state index in [1.54, 1.807) is 6.26 Å². The molecule has 0 aliphatic rings. The molecule has 16 heavy (non-hydrogen) atoms. The van der Waals surface area contributed by atoms with Gasteiger partial charge >= 0.3 is 0 Å². The van der Waals surface area contributed by atoms with Gasteiger partial charge in [0.2, 0.25) is 0 Å². The zero-order valence-electron chi connectivity index (χ0n) is 9.90. The first-order valence-electron chi connectivity index (χ1n) is 5.50. The van der Waals surface area contributed by atoms with E-state index in [1.807, 2.05) is 32.4 Å². The first-order chi connectivity index (χ1) is 7.77. The summed E-state index contributed by atoms with van der Waals surface area (Å²) in [5, 5.41) is 3.25. The minimum absolute atomic E-state index is 0.0185. The number of rotatable bonds is 4. The average molecular weight is 219 g/mol. The maximum atomic E-state index is 5.52. The van der Waals surface area contributed by atoms with Crippen LogP contribution in [-0.2, 0) is 6.54 Å². The van der Waals surface area contributed by atoms with Crippen molar-refractivity contribution in [1.82, 2.24) is 14.9 Å². The predicted octanol–water partition coefficient (Wildman–Crippen LogP) is 2.11. The molecule has 0 saturated heterocycles. The minimum atomic E-state index is 0.0185. The van der Waals surface area contributed by atoms with Crippen molar-refractivity contribution >= 4 is 0 Å². The molecule has 0 aromatic carbocycles. The quantitative estimate of drug-likeness (QED) is 0.856. The number of aromatic nitrogens is 2. The molecule has 0 spiro atoms. The first-order valence-corrected chi connectivity index (χ1v) is 5.50. The van der Waals surface area contributed by atoms with Crippen molar-refractivity contribution in [3.05, 3.63) is 41.9 Å². The van der Waals surface area contributed by atoms with Crippen LogP contribution in [0.25, 0.3) is 0 Å². The SMILES string of the molecule is CCn1ccnc1C(NC)c1occc1C. The minimum Gasteiger partial charge on any atom is -0.467 e. The molecule has 4 nitrogen and oxygen atoms in total. The zero-order chi connectivity index (χ0) is 11.5. The molecule has 0 aliphatic carbocycles. The summed E-state index contributed by atoms with van der Waals surface area (Å²) in [6, 6.07) is 1.99. The number of nitrogens with zero attached hydrogens (tertiary/aromatic N) is 2. The lowest BCUT2D eigenvalue weighted by molar-refractivity contribution is 0.441. The topological polar surface area (TPSA) is 43.0 Å². The van der Waals surface area contributed by atoms with Gasteiger partial charge in [-0.05, 0) is 32.5 Å². The summed E-state index contributed by atoms with van der Waals surface area (Å²) in [5.74, 6) is 1.92. The van der Waals surface area contributed by atoms with Gasteiger partial charge in [0, 0.05) is 18.9 Å². The highest BCUT2D eigenvalue weighted by Crippen LogP contribution is 2.24. The molecule has 86 valence electrons. The lowest BCUT2D eigenvalue weighted by atomic mass is 10.1. The highest BCUT2D eigenvalue weighted by Gasteiger charge is 2.21. The maximum absolute atomic E-state index is 5.52. The molecule has 0 saturated carbocycles. The monoisotopic (exact) mass is 219 g/mol. The van der Waals surface area contributed by atoms with Crippen LogP contribution in [0.1, 0.15) is 30.1 Å². The van der Waals surface area contributed by atoms with Gasteiger partial charge in [0.25, 0.3) is 0 Å². The Morgan fingerprint density at radius 2 is 2.38 bits per heavy atom. The molecule has 0 radical (unpaired) electrons. The zero-order valence-corrected chi connectivity index (χ0v) is 9.90. The van der Waals surface area contributed by atoms with Crippen LogP contribution in [0.15, 0.2) is 29.1 Å². The van der Waals surface area contributed by atoms with Crippen molar-refractivity contribution in [2.45, 2.75) is 26.4 Å². The van der Waals surface area contributed by atoms with Crippen LogP contribution in [0.3, 0.4) is 0 Å². The molecule has 2 aromatic heterocycles. The molecule has 0 bridgehead atoms. The van der Waals surface area contributed by atoms with E-state index in [9.17, 15) is 0 Å². The Balaban J connectivity index is 2.40. The molecule has 0 aliphatic heterocycles. The molecular weight excluding hydrogens is 202 g/mol. The van der Waals surface area contributed by atoms with E-state index in [4.69, 9.17) is 4.42 Å². The third-order valence-electron chi connectivity index (χ3n) is 2.80. The van der Waals surface area contributed by atoms with E-state index in [1.165, 1.54) is 0 Å². The van der Waals surface area contributed by atoms with Crippen molar-refractivity contribution < 1.29 is 4.42 Å². The molecule has 1 unspecified atom stereocenters. The normalized spacial score (nSPS) is 12.9. The van der Waals surface area contributed by atoms with E-state index in [-0.39, 0.29) is 6.04 Å². The average Bonchev–Trinajstić information content (AvgIpc) is 2.90. The van der Waals surface area contributed by atoms with Gasteiger partial charge in [-0.3, -0.25) is 0 Å². The second-order valence-electron chi connectivity index (χ2n) is 3.76. The Hall–Kier alpha value is -1.55. The number of hydrogen-bond donors (Lipinski definition) is 1. The van der Waals surface area contributed by atoms with Crippen LogP contribution in [0, 0.1) is 6.92 Å². The Kier molecular flexibility index (Phi) is 3.10. The summed E-state index contributed by atoms with van der Waals surface area (Å²) in [6.07, 6.45) is 5.52. The molecule has 2 heterocycles. The summed E-state index contributed by atoms with van der Waals surface area (Å²) < 4.78 is 7.64. The maximum Gasteiger partial charge on any atom is 0.133 e. The summed E-state index contributed by atoms with van der Waals surface area (Å²) in [4.78, 5) is 4.40. The summed E-state index contributed by atoms with van der Waals surface area (Å²) in [5.41, 5.74) is 1.14. The van der Waals surface area contributed by atoms with Crippen LogP contribution in [0.5, 0.6) is 0 Å². The van der Waals surface area contributed by atoms with Crippen LogP contribution in [0.4, 0.5) is 0 Å². The largest absolute Gasteiger partial charge is 0.467 e. The van der Waals surface area contributed by atoms with E-state index in [2.05, 4.69) is 21.8 Å². The Bertz CT molecular complexity index is 458. The number of aryl methyl sites for hydroxylation is 2. The molecule has 2 rings (SSSR count). The lowest BCUT2D eigenvalue weighted by Gasteiger charge is -2.15. The van der Waals surface area contributed by atoms with Gasteiger partial charge in [-0.15, -0.1) is 0 Å². The Labute approximate surface area is 95.3 Å². The van der Waals surface area contributed by atoms with Gasteiger partial charge in [-0.1, -0.05) is 0 Å². The smallest absolute Gasteiger partial charge is 0.133 e. The summed E-state index contributed by atoms with van der Waals surface area (Å²) >= 11 is 0. The fraction of sp³-hybridized carbons (Fsp3) is 0.417. The Morgan fingerprint density at radius 1 is 1.56 bits per heavy atom. The molecule has 4 heteroatoms. The number of furan rings is 1. The van der Waals surface area contributed by atoms with E-state index in [0.717, 1.165) is 23.7 Å². The standard InChI is InChI=1S/C12H17N3O/c1-4-15-7-6-14-12(15)10(13-3)11-9(2)5-8-16-11/h5-8,10,13H,4H2,1-3H3. The van der Waals surface area contributed by atoms with Crippen LogP contribution >= 0.6 is 0 Å². The summed E-state index contributed by atoms with van der Waals surface area (Å²) in [6.45, 7) is 5.06. The fourth-order valence-electron chi connectivity index (χ4n) is 1.91. The van der Waals surface area contributed by atoms with Gasteiger partial charge in [-0.2, -0.15) is 0 Å². The molecule has 0 fully saturated rings. The lowest BCUT2D eigenvalue weighted by Crippen LogP contribution is -2.22. The van der Waals surface area contributed by atoms with Crippen molar-refractivity contribution in [1.29, 1.82) is 0 Å². The van der Waals surface area contributed by atoms with Crippen LogP contribution < -0.4 is 5.32 Å². The van der Waals surface area contributed by atoms with Crippen molar-refractivity contribution in [3.63, 3.8) is 0 Å². The van der Waals surface area contributed by atoms with Crippen molar-refractivity contribution in [3.8, 4) is 0 Å². The van der Waals surface area contributed by atoms with Crippen LogP contribution in [0.2, 0.25) is 0 Å². The molecule has 1 atom stereocenters. The first kappa shape index (κ1) is 11.0. The van der Waals surface area contributed by atoms with Gasteiger partial charge in [0.15, 0.2) is 0 Å². The summed E-state index contributed by atoms with van der Waals surface area (Å²) in [7, 11) is 1.92. The highest BCUT2D eigenvalue weighted by atomic mass is 16.3. The molecule has 1 N–H and O–H groups in total. The molecular formula is C12H17N3O. The Morgan fingerprint density at radius 3 is 2.94 bits per heavy atom. The fourth-order valence-corrected chi connectivity index (χ4v) is 1.91. The highest BCUT2D eigenvalue weighted by molar-refractivity contribution is 5.24. The van der Waals surface area contributed by atoms with Crippen molar-refractivity contribution in [2.24, 2.45) is 0 Å². The third-order valence-corrected chi connectivity index (χ3v) is 2.80. The van der Waals surface area contributed by atoms with Gasteiger partial charge in [0.05, 0.1) is 6.26 Å². The number of hydrogen-bond acceptors (Lipinski definition) is 3. The van der Waals surface area contributed by atoms with Gasteiger partial charge in [0.1, 0.15) is 17.6 Å².